The third kappa shape index (κ3) is 3.18. The van der Waals surface area contributed by atoms with E-state index in [2.05, 4.69) is 18.7 Å². The summed E-state index contributed by atoms with van der Waals surface area (Å²) in [6.07, 6.45) is 4.81. The van der Waals surface area contributed by atoms with Crippen LogP contribution in [0.2, 0.25) is 0 Å². The molecule has 1 aromatic carbocycles. The molecule has 108 valence electrons. The Balaban J connectivity index is 2.37. The zero-order valence-electron chi connectivity index (χ0n) is 11.8. The van der Waals surface area contributed by atoms with Gasteiger partial charge in [-0.25, -0.2) is 9.18 Å². The maximum absolute atomic E-state index is 13.4. The highest BCUT2D eigenvalue weighted by Gasteiger charge is 2.26. The molecule has 0 aliphatic carbocycles. The topological polar surface area (TPSA) is 40.5 Å². The van der Waals surface area contributed by atoms with Crippen LogP contribution in [0.4, 0.5) is 10.1 Å². The Labute approximate surface area is 118 Å². The molecular formula is C16H20FNO2. The minimum absolute atomic E-state index is 0.350. The first kappa shape index (κ1) is 14.6. The first-order chi connectivity index (χ1) is 9.49. The molecule has 4 heteroatoms. The zero-order valence-corrected chi connectivity index (χ0v) is 11.8. The van der Waals surface area contributed by atoms with E-state index in [1.165, 1.54) is 24.6 Å². The van der Waals surface area contributed by atoms with Gasteiger partial charge in [0.1, 0.15) is 5.82 Å². The maximum Gasteiger partial charge on any atom is 0.328 e. The number of rotatable bonds is 3. The second-order valence-corrected chi connectivity index (χ2v) is 5.43. The lowest BCUT2D eigenvalue weighted by atomic mass is 9.91. The number of halogens is 1. The number of hydrogen-bond acceptors (Lipinski definition) is 2. The first-order valence-electron chi connectivity index (χ1n) is 6.96. The van der Waals surface area contributed by atoms with Gasteiger partial charge in [-0.05, 0) is 50.0 Å². The normalized spacial score (nSPS) is 23.2. The number of carboxylic acid groups (broad SMARTS) is 1. The van der Waals surface area contributed by atoms with E-state index < -0.39 is 5.97 Å². The lowest BCUT2D eigenvalue weighted by Gasteiger charge is -2.40. The molecule has 1 heterocycles. The number of nitrogens with zero attached hydrogens (tertiary/aromatic N) is 1. The summed E-state index contributed by atoms with van der Waals surface area (Å²) in [6.45, 7) is 5.30. The van der Waals surface area contributed by atoms with E-state index >= 15 is 0 Å². The third-order valence-corrected chi connectivity index (χ3v) is 4.08. The molecule has 0 bridgehead atoms. The summed E-state index contributed by atoms with van der Waals surface area (Å²) in [7, 11) is 0. The van der Waals surface area contributed by atoms with Crippen LogP contribution in [0.1, 0.15) is 32.3 Å². The standard InChI is InChI=1S/C16H20FNO2/c1-11-4-3-9-18(12(11)2)15-7-6-14(17)10-13(15)5-8-16(19)20/h5-8,10-12H,3-4,9H2,1-2H3,(H,19,20). The van der Waals surface area contributed by atoms with Crippen LogP contribution in [0.15, 0.2) is 24.3 Å². The van der Waals surface area contributed by atoms with Gasteiger partial charge in [-0.15, -0.1) is 0 Å². The smallest absolute Gasteiger partial charge is 0.328 e. The van der Waals surface area contributed by atoms with Gasteiger partial charge in [-0.1, -0.05) is 6.92 Å². The highest BCUT2D eigenvalue weighted by Crippen LogP contribution is 2.31. The van der Waals surface area contributed by atoms with Gasteiger partial charge in [-0.3, -0.25) is 0 Å². The molecule has 0 spiro atoms. The van der Waals surface area contributed by atoms with E-state index in [-0.39, 0.29) is 5.82 Å². The molecule has 3 nitrogen and oxygen atoms in total. The van der Waals surface area contributed by atoms with Gasteiger partial charge in [0.25, 0.3) is 0 Å². The van der Waals surface area contributed by atoms with E-state index in [9.17, 15) is 9.18 Å². The summed E-state index contributed by atoms with van der Waals surface area (Å²) in [5, 5.41) is 8.75. The molecule has 20 heavy (non-hydrogen) atoms. The Hall–Kier alpha value is -1.84. The van der Waals surface area contributed by atoms with E-state index in [4.69, 9.17) is 5.11 Å². The lowest BCUT2D eigenvalue weighted by Crippen LogP contribution is -2.42. The van der Waals surface area contributed by atoms with Gasteiger partial charge >= 0.3 is 5.97 Å². The second kappa shape index (κ2) is 6.07. The summed E-state index contributed by atoms with van der Waals surface area (Å²) in [4.78, 5) is 12.9. The average molecular weight is 277 g/mol. The van der Waals surface area contributed by atoms with Gasteiger partial charge < -0.3 is 10.0 Å². The molecule has 1 fully saturated rings. The highest BCUT2D eigenvalue weighted by atomic mass is 19.1. The Morgan fingerprint density at radius 1 is 1.45 bits per heavy atom. The van der Waals surface area contributed by atoms with Crippen LogP contribution in [0.3, 0.4) is 0 Å². The fourth-order valence-electron chi connectivity index (χ4n) is 2.76. The molecule has 2 rings (SSSR count). The van der Waals surface area contributed by atoms with Gasteiger partial charge in [0.2, 0.25) is 0 Å². The summed E-state index contributed by atoms with van der Waals surface area (Å²) >= 11 is 0. The van der Waals surface area contributed by atoms with Crippen molar-refractivity contribution in [3.63, 3.8) is 0 Å². The molecule has 0 amide bonds. The molecule has 1 aromatic rings. The minimum atomic E-state index is -1.03. The molecule has 0 saturated carbocycles. The summed E-state index contributed by atoms with van der Waals surface area (Å²) in [6, 6.07) is 4.93. The van der Waals surface area contributed by atoms with Crippen molar-refractivity contribution < 1.29 is 14.3 Å². The molecular weight excluding hydrogens is 257 g/mol. The Kier molecular flexibility index (Phi) is 4.42. The molecule has 1 aliphatic rings. The summed E-state index contributed by atoms with van der Waals surface area (Å²) in [5.74, 6) is -0.804. The summed E-state index contributed by atoms with van der Waals surface area (Å²) in [5.41, 5.74) is 1.52. The lowest BCUT2D eigenvalue weighted by molar-refractivity contribution is -0.131. The van der Waals surface area contributed by atoms with Gasteiger partial charge in [0.15, 0.2) is 0 Å². The van der Waals surface area contributed by atoms with Crippen molar-refractivity contribution in [2.75, 3.05) is 11.4 Å². The third-order valence-electron chi connectivity index (χ3n) is 4.08. The Morgan fingerprint density at radius 3 is 2.90 bits per heavy atom. The van der Waals surface area contributed by atoms with Crippen LogP contribution >= 0.6 is 0 Å². The van der Waals surface area contributed by atoms with Crippen LogP contribution in [-0.4, -0.2) is 23.7 Å². The Morgan fingerprint density at radius 2 is 2.20 bits per heavy atom. The van der Waals surface area contributed by atoms with Gasteiger partial charge in [-0.2, -0.15) is 0 Å². The maximum atomic E-state index is 13.4. The first-order valence-corrected chi connectivity index (χ1v) is 6.96. The number of anilines is 1. The van der Waals surface area contributed by atoms with E-state index in [1.54, 1.807) is 6.07 Å². The Bertz CT molecular complexity index is 527. The number of hydrogen-bond donors (Lipinski definition) is 1. The minimum Gasteiger partial charge on any atom is -0.478 e. The predicted molar refractivity (Wildman–Crippen MR) is 78.3 cm³/mol. The van der Waals surface area contributed by atoms with Crippen LogP contribution in [-0.2, 0) is 4.79 Å². The van der Waals surface area contributed by atoms with Gasteiger partial charge in [0.05, 0.1) is 0 Å². The molecule has 1 aliphatic heterocycles. The second-order valence-electron chi connectivity index (χ2n) is 5.43. The van der Waals surface area contributed by atoms with E-state index in [0.29, 0.717) is 17.5 Å². The van der Waals surface area contributed by atoms with Crippen molar-refractivity contribution >= 4 is 17.7 Å². The molecule has 0 radical (unpaired) electrons. The monoisotopic (exact) mass is 277 g/mol. The fourth-order valence-corrected chi connectivity index (χ4v) is 2.76. The molecule has 1 N–H and O–H groups in total. The van der Waals surface area contributed by atoms with Crippen molar-refractivity contribution in [1.29, 1.82) is 0 Å². The van der Waals surface area contributed by atoms with Crippen molar-refractivity contribution in [1.82, 2.24) is 0 Å². The summed E-state index contributed by atoms with van der Waals surface area (Å²) < 4.78 is 13.4. The quantitative estimate of drug-likeness (QED) is 0.859. The molecule has 2 atom stereocenters. The van der Waals surface area contributed by atoms with Crippen LogP contribution in [0.25, 0.3) is 6.08 Å². The van der Waals surface area contributed by atoms with Gasteiger partial charge in [0, 0.05) is 29.9 Å². The van der Waals surface area contributed by atoms with E-state index in [1.807, 2.05) is 0 Å². The SMILES string of the molecule is CC1CCCN(c2ccc(F)cc2C=CC(=O)O)C1C. The van der Waals surface area contributed by atoms with Crippen LogP contribution in [0.5, 0.6) is 0 Å². The van der Waals surface area contributed by atoms with Crippen LogP contribution < -0.4 is 4.90 Å². The number of aliphatic carboxylic acids is 1. The predicted octanol–water partition coefficient (Wildman–Crippen LogP) is 3.55. The van der Waals surface area contributed by atoms with Crippen molar-refractivity contribution in [2.24, 2.45) is 5.92 Å². The number of carbonyl (C=O) groups is 1. The van der Waals surface area contributed by atoms with Crippen molar-refractivity contribution in [3.8, 4) is 0 Å². The number of benzene rings is 1. The molecule has 1 saturated heterocycles. The molecule has 0 aromatic heterocycles. The number of carboxylic acids is 1. The van der Waals surface area contributed by atoms with Crippen LogP contribution in [0, 0.1) is 11.7 Å². The largest absolute Gasteiger partial charge is 0.478 e. The average Bonchev–Trinajstić information content (AvgIpc) is 2.40. The zero-order chi connectivity index (χ0) is 14.7. The highest BCUT2D eigenvalue weighted by molar-refractivity contribution is 5.87. The molecule has 2 unspecified atom stereocenters. The van der Waals surface area contributed by atoms with E-state index in [0.717, 1.165) is 24.7 Å². The van der Waals surface area contributed by atoms with Crippen molar-refractivity contribution in [2.45, 2.75) is 32.7 Å². The van der Waals surface area contributed by atoms with Crippen molar-refractivity contribution in [3.05, 3.63) is 35.7 Å². The fraction of sp³-hybridized carbons (Fsp3) is 0.438. The number of piperidine rings is 1.